The van der Waals surface area contributed by atoms with Gasteiger partial charge in [0.05, 0.1) is 17.8 Å². The molecule has 0 aliphatic heterocycles. The van der Waals surface area contributed by atoms with Gasteiger partial charge in [-0.2, -0.15) is 5.10 Å². The molecule has 1 fully saturated rings. The van der Waals surface area contributed by atoms with Crippen molar-refractivity contribution in [2.75, 3.05) is 0 Å². The van der Waals surface area contributed by atoms with Crippen LogP contribution in [0.25, 0.3) is 10.9 Å². The lowest BCUT2D eigenvalue weighted by Crippen LogP contribution is -2.38. The van der Waals surface area contributed by atoms with Gasteiger partial charge in [0, 0.05) is 23.9 Å². The number of fused-ring (bicyclic) bond motifs is 1. The maximum absolute atomic E-state index is 11.1. The first-order valence-electron chi connectivity index (χ1n) is 8.06. The van der Waals surface area contributed by atoms with Crippen molar-refractivity contribution < 1.29 is 9.53 Å². The summed E-state index contributed by atoms with van der Waals surface area (Å²) in [5.41, 5.74) is 2.27. The summed E-state index contributed by atoms with van der Waals surface area (Å²) in [7, 11) is 0. The number of hydrogen-bond donors (Lipinski definition) is 2. The van der Waals surface area contributed by atoms with Crippen LogP contribution in [-0.2, 0) is 11.2 Å². The molecular weight excluding hydrogens is 278 g/mol. The molecule has 1 aromatic heterocycles. The molecule has 0 unspecified atom stereocenters. The summed E-state index contributed by atoms with van der Waals surface area (Å²) in [5.74, 6) is 1.03. The molecule has 0 saturated heterocycles. The second kappa shape index (κ2) is 6.38. The zero-order chi connectivity index (χ0) is 15.5. The Morgan fingerprint density at radius 1 is 1.36 bits per heavy atom. The second-order valence-electron chi connectivity index (χ2n) is 6.02. The lowest BCUT2D eigenvalue weighted by molar-refractivity contribution is -0.120. The number of hydrogen-bond acceptors (Lipinski definition) is 3. The van der Waals surface area contributed by atoms with Crippen LogP contribution in [0, 0.1) is 0 Å². The number of rotatable bonds is 4. The topological polar surface area (TPSA) is 67.0 Å². The highest BCUT2D eigenvalue weighted by atomic mass is 16.5. The molecule has 5 nitrogen and oxygen atoms in total. The Hall–Kier alpha value is -2.04. The summed E-state index contributed by atoms with van der Waals surface area (Å²) in [6.07, 6.45) is 6.97. The van der Waals surface area contributed by atoms with Crippen LogP contribution >= 0.6 is 0 Å². The van der Waals surface area contributed by atoms with Gasteiger partial charge in [-0.05, 0) is 44.2 Å². The van der Waals surface area contributed by atoms with Crippen molar-refractivity contribution in [2.45, 2.75) is 58.1 Å². The summed E-state index contributed by atoms with van der Waals surface area (Å²) < 4.78 is 6.25. The number of carbonyl (C=O) groups is 1. The molecule has 5 heteroatoms. The average Bonchev–Trinajstić information content (AvgIpc) is 2.97. The zero-order valence-electron chi connectivity index (χ0n) is 13.2. The van der Waals surface area contributed by atoms with E-state index in [0.29, 0.717) is 6.04 Å². The highest BCUT2D eigenvalue weighted by Crippen LogP contribution is 2.31. The van der Waals surface area contributed by atoms with E-state index >= 15 is 0 Å². The van der Waals surface area contributed by atoms with Crippen molar-refractivity contribution in [1.82, 2.24) is 15.5 Å². The van der Waals surface area contributed by atoms with Crippen LogP contribution in [0.15, 0.2) is 18.3 Å². The molecule has 1 aromatic carbocycles. The van der Waals surface area contributed by atoms with E-state index in [4.69, 9.17) is 4.74 Å². The number of carbonyl (C=O) groups excluding carboxylic acids is 1. The van der Waals surface area contributed by atoms with Gasteiger partial charge < -0.3 is 10.1 Å². The predicted octanol–water partition coefficient (Wildman–Crippen LogP) is 2.95. The minimum Gasteiger partial charge on any atom is -0.490 e. The molecule has 0 bridgehead atoms. The van der Waals surface area contributed by atoms with E-state index in [1.807, 2.05) is 18.3 Å². The van der Waals surface area contributed by atoms with E-state index < -0.39 is 0 Å². The zero-order valence-corrected chi connectivity index (χ0v) is 13.2. The number of aromatic amines is 1. The molecule has 1 heterocycles. The number of amides is 1. The number of benzene rings is 1. The molecule has 1 aliphatic carbocycles. The predicted molar refractivity (Wildman–Crippen MR) is 86.0 cm³/mol. The highest BCUT2D eigenvalue weighted by Gasteiger charge is 2.23. The van der Waals surface area contributed by atoms with Crippen LogP contribution in [0.4, 0.5) is 0 Å². The van der Waals surface area contributed by atoms with Gasteiger partial charge in [0.2, 0.25) is 5.91 Å². The maximum Gasteiger partial charge on any atom is 0.217 e. The van der Waals surface area contributed by atoms with Crippen molar-refractivity contribution in [1.29, 1.82) is 0 Å². The van der Waals surface area contributed by atoms with Gasteiger partial charge in [-0.25, -0.2) is 0 Å². The molecule has 22 heavy (non-hydrogen) atoms. The molecule has 1 saturated carbocycles. The summed E-state index contributed by atoms with van der Waals surface area (Å²) in [6, 6.07) is 4.37. The third kappa shape index (κ3) is 3.08. The molecule has 118 valence electrons. The molecule has 0 atom stereocenters. The largest absolute Gasteiger partial charge is 0.490 e. The molecular formula is C17H23N3O2. The molecule has 0 spiro atoms. The molecule has 1 amide bonds. The van der Waals surface area contributed by atoms with Gasteiger partial charge in [0.1, 0.15) is 5.75 Å². The first-order chi connectivity index (χ1) is 10.7. The van der Waals surface area contributed by atoms with E-state index in [9.17, 15) is 4.79 Å². The number of H-pyrrole nitrogens is 1. The standard InChI is InChI=1S/C17H23N3O2/c1-3-14-15-10-18-20-16(15)8-9-17(14)22-13-6-4-12(5-7-13)19-11(2)21/h8-10,12-13H,3-7H2,1-2H3,(H,18,20)(H,19,21)/t12-,13-. The van der Waals surface area contributed by atoms with Crippen LogP contribution in [0.5, 0.6) is 5.75 Å². The Morgan fingerprint density at radius 3 is 2.82 bits per heavy atom. The highest BCUT2D eigenvalue weighted by molar-refractivity contribution is 5.84. The summed E-state index contributed by atoms with van der Waals surface area (Å²) in [6.45, 7) is 3.72. The Morgan fingerprint density at radius 2 is 2.14 bits per heavy atom. The van der Waals surface area contributed by atoms with Crippen molar-refractivity contribution >= 4 is 16.8 Å². The summed E-state index contributed by atoms with van der Waals surface area (Å²) in [5, 5.41) is 11.3. The second-order valence-corrected chi connectivity index (χ2v) is 6.02. The maximum atomic E-state index is 11.1. The number of nitrogens with one attached hydrogen (secondary N) is 2. The Bertz CT molecular complexity index is 657. The summed E-state index contributed by atoms with van der Waals surface area (Å²) >= 11 is 0. The van der Waals surface area contributed by atoms with E-state index in [2.05, 4.69) is 22.4 Å². The Balaban J connectivity index is 1.68. The fourth-order valence-electron chi connectivity index (χ4n) is 3.32. The van der Waals surface area contributed by atoms with E-state index in [1.165, 1.54) is 5.56 Å². The van der Waals surface area contributed by atoms with Crippen LogP contribution in [0.3, 0.4) is 0 Å². The first-order valence-corrected chi connectivity index (χ1v) is 8.06. The van der Waals surface area contributed by atoms with Gasteiger partial charge in [0.25, 0.3) is 0 Å². The lowest BCUT2D eigenvalue weighted by Gasteiger charge is -2.29. The molecule has 1 aliphatic rings. The number of aryl methyl sites for hydroxylation is 1. The quantitative estimate of drug-likeness (QED) is 0.912. The molecule has 3 rings (SSSR count). The van der Waals surface area contributed by atoms with Gasteiger partial charge in [-0.3, -0.25) is 9.89 Å². The average molecular weight is 301 g/mol. The monoisotopic (exact) mass is 301 g/mol. The van der Waals surface area contributed by atoms with Gasteiger partial charge >= 0.3 is 0 Å². The fourth-order valence-corrected chi connectivity index (χ4v) is 3.32. The normalized spacial score (nSPS) is 21.7. The number of aromatic nitrogens is 2. The smallest absolute Gasteiger partial charge is 0.217 e. The fraction of sp³-hybridized carbons (Fsp3) is 0.529. The number of ether oxygens (including phenoxy) is 1. The molecule has 2 N–H and O–H groups in total. The third-order valence-corrected chi connectivity index (χ3v) is 4.42. The minimum atomic E-state index is 0.0584. The first kappa shape index (κ1) is 14.9. The van der Waals surface area contributed by atoms with Crippen molar-refractivity contribution in [2.24, 2.45) is 0 Å². The minimum absolute atomic E-state index is 0.0584. The van der Waals surface area contributed by atoms with Gasteiger partial charge in [-0.15, -0.1) is 0 Å². The SMILES string of the molecule is CCc1c(O[C@H]2CC[C@H](NC(C)=O)CC2)ccc2[nH]ncc12. The van der Waals surface area contributed by atoms with E-state index in [1.54, 1.807) is 6.92 Å². The van der Waals surface area contributed by atoms with Crippen LogP contribution < -0.4 is 10.1 Å². The number of nitrogens with zero attached hydrogens (tertiary/aromatic N) is 1. The molecule has 0 radical (unpaired) electrons. The Kier molecular flexibility index (Phi) is 4.32. The van der Waals surface area contributed by atoms with E-state index in [0.717, 1.165) is 48.8 Å². The van der Waals surface area contributed by atoms with Crippen LogP contribution in [-0.4, -0.2) is 28.3 Å². The summed E-state index contributed by atoms with van der Waals surface area (Å²) in [4.78, 5) is 11.1. The van der Waals surface area contributed by atoms with E-state index in [-0.39, 0.29) is 12.0 Å². The van der Waals surface area contributed by atoms with Crippen molar-refractivity contribution in [3.63, 3.8) is 0 Å². The van der Waals surface area contributed by atoms with Crippen LogP contribution in [0.1, 0.15) is 45.1 Å². The molecule has 2 aromatic rings. The third-order valence-electron chi connectivity index (χ3n) is 4.42. The van der Waals surface area contributed by atoms with Crippen molar-refractivity contribution in [3.05, 3.63) is 23.9 Å². The van der Waals surface area contributed by atoms with Gasteiger partial charge in [-0.1, -0.05) is 6.92 Å². The lowest BCUT2D eigenvalue weighted by atomic mass is 9.92. The van der Waals surface area contributed by atoms with Crippen LogP contribution in [0.2, 0.25) is 0 Å². The Labute approximate surface area is 130 Å². The van der Waals surface area contributed by atoms with Crippen molar-refractivity contribution in [3.8, 4) is 5.75 Å². The van der Waals surface area contributed by atoms with Gasteiger partial charge in [0.15, 0.2) is 0 Å².